The highest BCUT2D eigenvalue weighted by Gasteiger charge is 3.15. The van der Waals surface area contributed by atoms with Crippen LogP contribution < -0.4 is 0 Å². The van der Waals surface area contributed by atoms with Crippen molar-refractivity contribution in [1.29, 1.82) is 0 Å². The van der Waals surface area contributed by atoms with Gasteiger partial charge in [-0.25, -0.2) is 0 Å². The van der Waals surface area contributed by atoms with Crippen molar-refractivity contribution in [3.8, 4) is 0 Å². The molecule has 0 saturated heterocycles. The third-order valence-electron chi connectivity index (χ3n) is 16.2. The lowest BCUT2D eigenvalue weighted by molar-refractivity contribution is -0.384. The predicted octanol–water partition coefficient (Wildman–Crippen LogP) is 6.31. The number of rotatable bonds is 0. The van der Waals surface area contributed by atoms with E-state index in [4.69, 9.17) is 0 Å². The molecular weight excluding hydrogens is 384 g/mol. The summed E-state index contributed by atoms with van der Waals surface area (Å²) in [6, 6.07) is 20.2. The number of hydrogen-bond donors (Lipinski definition) is 0. The highest BCUT2D eigenvalue weighted by atomic mass is 15.2. The first kappa shape index (κ1) is 14.6. The molecule has 0 heterocycles. The summed E-state index contributed by atoms with van der Waals surface area (Å²) < 4.78 is 0. The zero-order valence-electron chi connectivity index (χ0n) is 18.4. The molecule has 16 bridgehead atoms. The fraction of sp³-hybridized carbons (Fsp3) is 0.625. The summed E-state index contributed by atoms with van der Waals surface area (Å²) in [5, 5.41) is 0. The molecule has 12 saturated carbocycles. The molecule has 18 rings (SSSR count). The maximum absolute atomic E-state index is 2.64. The van der Waals surface area contributed by atoms with Crippen molar-refractivity contribution in [3.05, 3.63) is 70.8 Å². The van der Waals surface area contributed by atoms with E-state index in [0.29, 0.717) is 0 Å². The Bertz CT molecular complexity index is 1190. The molecule has 4 unspecified atom stereocenters. The second kappa shape index (κ2) is 3.50. The minimum absolute atomic E-state index is 0.733. The molecule has 2 aromatic rings. The van der Waals surface area contributed by atoms with Crippen LogP contribution in [-0.4, -0.2) is 0 Å². The predicted molar refractivity (Wildman–Crippen MR) is 120 cm³/mol. The average Bonchev–Trinajstić information content (AvgIpc) is 3.29. The smallest absolute Gasteiger partial charge is 0.00505 e. The molecule has 156 valence electrons. The molecule has 0 aliphatic heterocycles. The fourth-order valence-corrected chi connectivity index (χ4v) is 18.4. The summed E-state index contributed by atoms with van der Waals surface area (Å²) in [4.78, 5) is 0. The highest BCUT2D eigenvalue weighted by Crippen LogP contribution is 3.20. The number of benzene rings is 2. The Labute approximate surface area is 189 Å². The minimum Gasteiger partial charge on any atom is -0.0620 e. The van der Waals surface area contributed by atoms with Crippen molar-refractivity contribution in [1.82, 2.24) is 0 Å². The normalized spacial score (nSPS) is 71.8. The van der Waals surface area contributed by atoms with E-state index in [1.54, 1.807) is 25.7 Å². The largest absolute Gasteiger partial charge is 0.0620 e. The lowest BCUT2D eigenvalue weighted by Gasteiger charge is -2.87. The van der Waals surface area contributed by atoms with Gasteiger partial charge in [0.15, 0.2) is 0 Å². The third kappa shape index (κ3) is 0.737. The van der Waals surface area contributed by atoms with Gasteiger partial charge in [-0.1, -0.05) is 48.5 Å². The molecule has 0 radical (unpaired) electrons. The molecular formula is C32H28. The third-order valence-corrected chi connectivity index (χ3v) is 16.2. The topological polar surface area (TPSA) is 0 Å². The van der Waals surface area contributed by atoms with Crippen molar-refractivity contribution in [2.24, 2.45) is 69.0 Å². The van der Waals surface area contributed by atoms with Crippen LogP contribution in [0.3, 0.4) is 0 Å². The van der Waals surface area contributed by atoms with Gasteiger partial charge in [0.05, 0.1) is 0 Å². The molecule has 2 aromatic carbocycles. The van der Waals surface area contributed by atoms with E-state index in [9.17, 15) is 0 Å². The second-order valence-electron chi connectivity index (χ2n) is 14.5. The van der Waals surface area contributed by atoms with Crippen LogP contribution in [0, 0.1) is 69.0 Å². The summed E-state index contributed by atoms with van der Waals surface area (Å²) in [6.45, 7) is 0. The van der Waals surface area contributed by atoms with Crippen molar-refractivity contribution in [2.75, 3.05) is 0 Å². The van der Waals surface area contributed by atoms with Gasteiger partial charge in [0.1, 0.15) is 0 Å². The Morgan fingerprint density at radius 3 is 0.969 bits per heavy atom. The van der Waals surface area contributed by atoms with Gasteiger partial charge in [-0.2, -0.15) is 0 Å². The van der Waals surface area contributed by atoms with E-state index >= 15 is 0 Å². The van der Waals surface area contributed by atoms with E-state index < -0.39 is 0 Å². The Kier molecular flexibility index (Phi) is 1.60. The summed E-state index contributed by atoms with van der Waals surface area (Å²) in [6.07, 6.45) is 6.49. The van der Waals surface area contributed by atoms with Crippen molar-refractivity contribution >= 4 is 0 Å². The van der Waals surface area contributed by atoms with Gasteiger partial charge < -0.3 is 0 Å². The molecule has 4 spiro atoms. The highest BCUT2D eigenvalue weighted by molar-refractivity contribution is 5.74. The first-order valence-electron chi connectivity index (χ1n) is 14.1. The molecule has 32 heavy (non-hydrogen) atoms. The first-order chi connectivity index (χ1) is 15.9. The van der Waals surface area contributed by atoms with Gasteiger partial charge in [0, 0.05) is 0 Å². The van der Waals surface area contributed by atoms with E-state index in [0.717, 1.165) is 92.7 Å². The number of hydrogen-bond acceptors (Lipinski definition) is 0. The molecule has 0 nitrogen and oxygen atoms in total. The van der Waals surface area contributed by atoms with Crippen LogP contribution in [0.2, 0.25) is 0 Å². The Morgan fingerprint density at radius 1 is 0.406 bits per heavy atom. The van der Waals surface area contributed by atoms with Gasteiger partial charge in [-0.15, -0.1) is 0 Å². The number of fused-ring (bicyclic) bond motifs is 2. The summed E-state index contributed by atoms with van der Waals surface area (Å²) in [5.41, 5.74) is 10.5. The van der Waals surface area contributed by atoms with E-state index in [1.165, 1.54) is 0 Å². The standard InChI is InChI=1S/C32H28/c1-2-6-14-13(5-1)25-23-24-26(14)30-18-10-9-17-21-19-11-12-20(22(18)21)32(30)28(24)16-8-4-3-7-15(16)27(23)31(19,32)29(17,25)30/h1-8,17-28H,9-12H2/t17-,18+,19+,20-,21?,22?,23?,24?,25+,26-,27-,28+,29?,30?,31?,32?. The molecule has 0 heteroatoms. The van der Waals surface area contributed by atoms with Crippen molar-refractivity contribution in [3.63, 3.8) is 0 Å². The van der Waals surface area contributed by atoms with Crippen LogP contribution in [0.5, 0.6) is 0 Å². The van der Waals surface area contributed by atoms with Gasteiger partial charge in [0.25, 0.3) is 0 Å². The first-order valence-corrected chi connectivity index (χ1v) is 14.1. The Hall–Kier alpha value is -1.56. The zero-order chi connectivity index (χ0) is 19.7. The summed E-state index contributed by atoms with van der Waals surface area (Å²) >= 11 is 0. The van der Waals surface area contributed by atoms with Crippen LogP contribution in [0.1, 0.15) is 71.6 Å². The van der Waals surface area contributed by atoms with E-state index in [-0.39, 0.29) is 0 Å². The monoisotopic (exact) mass is 412 g/mol. The molecule has 12 atom stereocenters. The van der Waals surface area contributed by atoms with Gasteiger partial charge >= 0.3 is 0 Å². The Morgan fingerprint density at radius 2 is 0.688 bits per heavy atom. The maximum atomic E-state index is 2.64. The van der Waals surface area contributed by atoms with Crippen LogP contribution in [0.4, 0.5) is 0 Å². The van der Waals surface area contributed by atoms with Gasteiger partial charge in [0.2, 0.25) is 0 Å². The maximum Gasteiger partial charge on any atom is -0.00505 e. The van der Waals surface area contributed by atoms with E-state index in [2.05, 4.69) is 48.5 Å². The molecule has 0 aromatic heterocycles. The van der Waals surface area contributed by atoms with Gasteiger partial charge in [-0.05, 0) is 141 Å². The molecule has 16 aliphatic rings. The lowest BCUT2D eigenvalue weighted by Crippen LogP contribution is -2.84. The average molecular weight is 413 g/mol. The minimum atomic E-state index is 0.733. The SMILES string of the molecule is c1ccc2c(c1)[C@@H]1C3C4[C@H]5c6ccccc6[C@@H]3C36[C@@H]7CC[C@H]8C9C7[C@@H]7CC[C@H]9C([C@@H]24)(C173)C586. The van der Waals surface area contributed by atoms with Crippen molar-refractivity contribution in [2.45, 2.75) is 49.4 Å². The van der Waals surface area contributed by atoms with Crippen LogP contribution in [0.25, 0.3) is 0 Å². The second-order valence-corrected chi connectivity index (χ2v) is 14.5. The summed E-state index contributed by atoms with van der Waals surface area (Å²) in [7, 11) is 0. The molecule has 0 N–H and O–H groups in total. The fourth-order valence-electron chi connectivity index (χ4n) is 18.4. The Balaban J connectivity index is 1.35. The van der Waals surface area contributed by atoms with Crippen LogP contribution >= 0.6 is 0 Å². The van der Waals surface area contributed by atoms with E-state index in [1.807, 2.05) is 22.3 Å². The lowest BCUT2D eigenvalue weighted by atomic mass is 9.15. The molecule has 12 fully saturated rings. The molecule has 0 amide bonds. The quantitative estimate of drug-likeness (QED) is 0.476. The molecule has 16 aliphatic carbocycles. The van der Waals surface area contributed by atoms with Gasteiger partial charge in [-0.3, -0.25) is 0 Å². The zero-order valence-corrected chi connectivity index (χ0v) is 18.4. The van der Waals surface area contributed by atoms with Crippen LogP contribution in [0.15, 0.2) is 48.5 Å². The summed E-state index contributed by atoms with van der Waals surface area (Å²) in [5.74, 6) is 12.5. The van der Waals surface area contributed by atoms with Crippen LogP contribution in [-0.2, 0) is 0 Å². The van der Waals surface area contributed by atoms with Crippen molar-refractivity contribution < 1.29 is 0 Å².